The Labute approximate surface area is 86.8 Å². The minimum atomic E-state index is 0.0976. The standard InChI is InChI=1S/C10H23N3O/c1-9(5-4-6-11)10(14)13(3)8-7-12-2/h9,12H,4-8,11H2,1-3H3. The second-order valence-electron chi connectivity index (χ2n) is 3.70. The lowest BCUT2D eigenvalue weighted by Gasteiger charge is -2.21. The molecule has 0 saturated heterocycles. The molecule has 1 unspecified atom stereocenters. The molecule has 0 spiro atoms. The van der Waals surface area contributed by atoms with E-state index < -0.39 is 0 Å². The number of hydrogen-bond acceptors (Lipinski definition) is 3. The number of nitrogens with zero attached hydrogens (tertiary/aromatic N) is 1. The lowest BCUT2D eigenvalue weighted by Crippen LogP contribution is -2.36. The maximum Gasteiger partial charge on any atom is 0.225 e. The second-order valence-corrected chi connectivity index (χ2v) is 3.70. The molecular formula is C10H23N3O. The van der Waals surface area contributed by atoms with Gasteiger partial charge in [-0.1, -0.05) is 6.92 Å². The average Bonchev–Trinajstić information content (AvgIpc) is 2.21. The van der Waals surface area contributed by atoms with Gasteiger partial charge in [0.2, 0.25) is 5.91 Å². The highest BCUT2D eigenvalue weighted by molar-refractivity contribution is 5.78. The smallest absolute Gasteiger partial charge is 0.225 e. The van der Waals surface area contributed by atoms with Gasteiger partial charge in [0.05, 0.1) is 0 Å². The third-order valence-corrected chi connectivity index (χ3v) is 2.34. The lowest BCUT2D eigenvalue weighted by atomic mass is 10.0. The average molecular weight is 201 g/mol. The Balaban J connectivity index is 3.78. The van der Waals surface area contributed by atoms with Gasteiger partial charge in [-0.05, 0) is 26.4 Å². The van der Waals surface area contributed by atoms with Crippen molar-refractivity contribution in [2.75, 3.05) is 33.7 Å². The number of rotatable bonds is 7. The first-order valence-electron chi connectivity index (χ1n) is 5.23. The predicted octanol–water partition coefficient (Wildman–Crippen LogP) is 0.0392. The van der Waals surface area contributed by atoms with Crippen molar-refractivity contribution in [2.24, 2.45) is 11.7 Å². The molecule has 1 atom stereocenters. The summed E-state index contributed by atoms with van der Waals surface area (Å²) in [5.74, 6) is 0.314. The SMILES string of the molecule is CNCCN(C)C(=O)C(C)CCCN. The van der Waals surface area contributed by atoms with Crippen molar-refractivity contribution in [3.8, 4) is 0 Å². The third-order valence-electron chi connectivity index (χ3n) is 2.34. The van der Waals surface area contributed by atoms with Crippen LogP contribution in [-0.4, -0.2) is 44.5 Å². The van der Waals surface area contributed by atoms with E-state index in [4.69, 9.17) is 5.73 Å². The van der Waals surface area contributed by atoms with Crippen LogP contribution in [0.5, 0.6) is 0 Å². The normalized spacial score (nSPS) is 12.6. The van der Waals surface area contributed by atoms with Crippen molar-refractivity contribution in [1.29, 1.82) is 0 Å². The predicted molar refractivity (Wildman–Crippen MR) is 59.0 cm³/mol. The summed E-state index contributed by atoms with van der Waals surface area (Å²) in [4.78, 5) is 13.5. The largest absolute Gasteiger partial charge is 0.344 e. The van der Waals surface area contributed by atoms with Crippen molar-refractivity contribution < 1.29 is 4.79 Å². The molecular weight excluding hydrogens is 178 g/mol. The Morgan fingerprint density at radius 2 is 2.21 bits per heavy atom. The summed E-state index contributed by atoms with van der Waals surface area (Å²) in [6.07, 6.45) is 1.81. The van der Waals surface area contributed by atoms with E-state index in [0.29, 0.717) is 6.54 Å². The van der Waals surface area contributed by atoms with Crippen molar-refractivity contribution >= 4 is 5.91 Å². The fraction of sp³-hybridized carbons (Fsp3) is 0.900. The summed E-state index contributed by atoms with van der Waals surface area (Å²) in [6, 6.07) is 0. The van der Waals surface area contributed by atoms with Crippen LogP contribution in [0.1, 0.15) is 19.8 Å². The fourth-order valence-electron chi connectivity index (χ4n) is 1.31. The summed E-state index contributed by atoms with van der Waals surface area (Å²) in [5, 5.41) is 3.02. The van der Waals surface area contributed by atoms with Crippen LogP contribution in [-0.2, 0) is 4.79 Å². The Kier molecular flexibility index (Phi) is 7.42. The number of carbonyl (C=O) groups excluding carboxylic acids is 1. The molecule has 0 aromatic carbocycles. The summed E-state index contributed by atoms with van der Waals surface area (Å²) in [7, 11) is 3.73. The van der Waals surface area contributed by atoms with Crippen LogP contribution in [0.2, 0.25) is 0 Å². The van der Waals surface area contributed by atoms with Gasteiger partial charge in [-0.3, -0.25) is 4.79 Å². The van der Waals surface area contributed by atoms with E-state index in [1.165, 1.54) is 0 Å². The molecule has 14 heavy (non-hydrogen) atoms. The monoisotopic (exact) mass is 201 g/mol. The van der Waals surface area contributed by atoms with Gasteiger partial charge in [0.1, 0.15) is 0 Å². The zero-order valence-corrected chi connectivity index (χ0v) is 9.55. The molecule has 0 fully saturated rings. The van der Waals surface area contributed by atoms with Crippen LogP contribution < -0.4 is 11.1 Å². The van der Waals surface area contributed by atoms with E-state index in [2.05, 4.69) is 5.32 Å². The molecule has 0 aliphatic heterocycles. The van der Waals surface area contributed by atoms with E-state index in [0.717, 1.165) is 25.9 Å². The molecule has 1 amide bonds. The van der Waals surface area contributed by atoms with E-state index >= 15 is 0 Å². The van der Waals surface area contributed by atoms with E-state index in [1.54, 1.807) is 4.90 Å². The number of carbonyl (C=O) groups is 1. The summed E-state index contributed by atoms with van der Waals surface area (Å²) < 4.78 is 0. The summed E-state index contributed by atoms with van der Waals surface area (Å²) in [5.41, 5.74) is 5.40. The number of amides is 1. The molecule has 0 aromatic rings. The van der Waals surface area contributed by atoms with E-state index in [9.17, 15) is 4.79 Å². The first-order chi connectivity index (χ1) is 6.63. The quantitative estimate of drug-likeness (QED) is 0.611. The highest BCUT2D eigenvalue weighted by Crippen LogP contribution is 2.07. The van der Waals surface area contributed by atoms with Gasteiger partial charge in [-0.25, -0.2) is 0 Å². The molecule has 4 nitrogen and oxygen atoms in total. The minimum absolute atomic E-state index is 0.0976. The molecule has 0 aliphatic rings. The van der Waals surface area contributed by atoms with Gasteiger partial charge < -0.3 is 16.0 Å². The van der Waals surface area contributed by atoms with Crippen molar-refractivity contribution in [2.45, 2.75) is 19.8 Å². The molecule has 3 N–H and O–H groups in total. The number of nitrogens with two attached hydrogens (primary N) is 1. The maximum absolute atomic E-state index is 11.7. The Bertz CT molecular complexity index is 145. The van der Waals surface area contributed by atoms with Crippen LogP contribution in [0, 0.1) is 5.92 Å². The van der Waals surface area contributed by atoms with Crippen LogP contribution in [0.15, 0.2) is 0 Å². The van der Waals surface area contributed by atoms with Crippen LogP contribution >= 0.6 is 0 Å². The molecule has 0 radical (unpaired) electrons. The van der Waals surface area contributed by atoms with Crippen LogP contribution in [0.25, 0.3) is 0 Å². The van der Waals surface area contributed by atoms with Crippen molar-refractivity contribution in [1.82, 2.24) is 10.2 Å². The van der Waals surface area contributed by atoms with Gasteiger partial charge in [0, 0.05) is 26.1 Å². The minimum Gasteiger partial charge on any atom is -0.344 e. The Hall–Kier alpha value is -0.610. The highest BCUT2D eigenvalue weighted by Gasteiger charge is 2.15. The van der Waals surface area contributed by atoms with Gasteiger partial charge >= 0.3 is 0 Å². The second kappa shape index (κ2) is 7.76. The lowest BCUT2D eigenvalue weighted by molar-refractivity contribution is -0.133. The Morgan fingerprint density at radius 3 is 2.71 bits per heavy atom. The highest BCUT2D eigenvalue weighted by atomic mass is 16.2. The fourth-order valence-corrected chi connectivity index (χ4v) is 1.31. The molecule has 0 aliphatic carbocycles. The molecule has 0 bridgehead atoms. The first kappa shape index (κ1) is 13.4. The van der Waals surface area contributed by atoms with E-state index in [1.807, 2.05) is 21.0 Å². The van der Waals surface area contributed by atoms with E-state index in [-0.39, 0.29) is 11.8 Å². The molecule has 0 rings (SSSR count). The molecule has 4 heteroatoms. The number of nitrogens with one attached hydrogen (secondary N) is 1. The first-order valence-corrected chi connectivity index (χ1v) is 5.23. The topological polar surface area (TPSA) is 58.4 Å². The number of likely N-dealkylation sites (N-methyl/N-ethyl adjacent to an activating group) is 2. The molecule has 0 heterocycles. The van der Waals surface area contributed by atoms with Crippen LogP contribution in [0.3, 0.4) is 0 Å². The third kappa shape index (κ3) is 5.19. The van der Waals surface area contributed by atoms with Gasteiger partial charge in [0.25, 0.3) is 0 Å². The maximum atomic E-state index is 11.7. The van der Waals surface area contributed by atoms with Gasteiger partial charge in [-0.2, -0.15) is 0 Å². The summed E-state index contributed by atoms with van der Waals surface area (Å²) >= 11 is 0. The van der Waals surface area contributed by atoms with Crippen LogP contribution in [0.4, 0.5) is 0 Å². The zero-order chi connectivity index (χ0) is 11.0. The Morgan fingerprint density at radius 1 is 1.57 bits per heavy atom. The summed E-state index contributed by atoms with van der Waals surface area (Å²) in [6.45, 7) is 4.24. The van der Waals surface area contributed by atoms with Gasteiger partial charge in [0.15, 0.2) is 0 Å². The van der Waals surface area contributed by atoms with Crippen molar-refractivity contribution in [3.63, 3.8) is 0 Å². The zero-order valence-electron chi connectivity index (χ0n) is 9.55. The number of hydrogen-bond donors (Lipinski definition) is 2. The molecule has 0 aromatic heterocycles. The van der Waals surface area contributed by atoms with Crippen molar-refractivity contribution in [3.05, 3.63) is 0 Å². The molecule has 0 saturated carbocycles. The molecule has 84 valence electrons. The van der Waals surface area contributed by atoms with Gasteiger partial charge in [-0.15, -0.1) is 0 Å².